The maximum absolute atomic E-state index is 12.9. The number of aromatic hydroxyl groups is 1. The van der Waals surface area contributed by atoms with Crippen LogP contribution in [0.2, 0.25) is 5.02 Å². The number of fused-ring (bicyclic) bond motifs is 1. The van der Waals surface area contributed by atoms with E-state index in [2.05, 4.69) is 0 Å². The third-order valence-electron chi connectivity index (χ3n) is 3.68. The van der Waals surface area contributed by atoms with E-state index in [1.54, 1.807) is 0 Å². The molecule has 0 saturated heterocycles. The lowest BCUT2D eigenvalue weighted by Gasteiger charge is -2.08. The molecule has 0 saturated carbocycles. The van der Waals surface area contributed by atoms with Crippen LogP contribution in [-0.2, 0) is 16.6 Å². The molecule has 0 spiro atoms. The van der Waals surface area contributed by atoms with Gasteiger partial charge in [-0.15, -0.1) is 0 Å². The molecule has 0 aliphatic carbocycles. The van der Waals surface area contributed by atoms with E-state index < -0.39 is 27.2 Å². The number of hydrogen-bond acceptors (Lipinski definition) is 6. The van der Waals surface area contributed by atoms with Crippen molar-refractivity contribution in [1.29, 1.82) is 0 Å². The summed E-state index contributed by atoms with van der Waals surface area (Å²) in [6.45, 7) is -0.441. The quantitative estimate of drug-likeness (QED) is 0.528. The Bertz CT molecular complexity index is 1110. The number of aliphatic hydroxyl groups is 1. The van der Waals surface area contributed by atoms with E-state index in [-0.39, 0.29) is 26.7 Å². The summed E-state index contributed by atoms with van der Waals surface area (Å²) in [5.41, 5.74) is -0.0170. The molecule has 0 bridgehead atoms. The monoisotopic (exact) mass is 382 g/mol. The molecule has 0 amide bonds. The van der Waals surface area contributed by atoms with E-state index in [1.807, 2.05) is 0 Å². The largest absolute Gasteiger partial charge is 0.508 e. The average molecular weight is 383 g/mol. The molecule has 0 radical (unpaired) electrons. The number of halogens is 1. The maximum Gasteiger partial charge on any atom is 0.289 e. The lowest BCUT2D eigenvalue weighted by Crippen LogP contribution is -2.12. The number of aromatic nitrogens is 1. The number of nitro groups is 1. The smallest absolute Gasteiger partial charge is 0.289 e. The van der Waals surface area contributed by atoms with Gasteiger partial charge in [0, 0.05) is 23.2 Å². The summed E-state index contributed by atoms with van der Waals surface area (Å²) in [7, 11) is -4.18. The first-order valence-corrected chi connectivity index (χ1v) is 8.71. The standard InChI is InChI=1S/C15H11ClN2O6S/c16-13-3-2-11(6-15(13)18(21)22)25(23,24)17-7-9(8-19)12-5-10(20)1-4-14(12)17/h1-7,19-20H,8H2. The molecule has 0 aliphatic heterocycles. The number of hydrogen-bond donors (Lipinski definition) is 2. The molecule has 8 nitrogen and oxygen atoms in total. The van der Waals surface area contributed by atoms with Crippen LogP contribution in [-0.4, -0.2) is 27.5 Å². The first-order chi connectivity index (χ1) is 11.8. The minimum absolute atomic E-state index is 0.0838. The Morgan fingerprint density at radius 1 is 1.20 bits per heavy atom. The Hall–Kier alpha value is -2.62. The number of nitro benzene ring substituents is 1. The molecule has 0 aliphatic rings. The second-order valence-corrected chi connectivity index (χ2v) is 7.41. The zero-order valence-corrected chi connectivity index (χ0v) is 14.0. The number of phenols is 1. The van der Waals surface area contributed by atoms with Crippen molar-refractivity contribution >= 4 is 38.2 Å². The second kappa shape index (κ2) is 6.03. The molecule has 3 aromatic rings. The molecule has 10 heteroatoms. The fourth-order valence-corrected chi connectivity index (χ4v) is 4.08. The molecule has 25 heavy (non-hydrogen) atoms. The zero-order chi connectivity index (χ0) is 18.4. The van der Waals surface area contributed by atoms with Gasteiger partial charge in [0.25, 0.3) is 15.7 Å². The van der Waals surface area contributed by atoms with Crippen LogP contribution in [0, 0.1) is 10.1 Å². The van der Waals surface area contributed by atoms with Gasteiger partial charge in [0.2, 0.25) is 0 Å². The van der Waals surface area contributed by atoms with Crippen LogP contribution in [0.15, 0.2) is 47.5 Å². The van der Waals surface area contributed by atoms with Gasteiger partial charge in [0.05, 0.1) is 21.9 Å². The van der Waals surface area contributed by atoms with Gasteiger partial charge >= 0.3 is 0 Å². The minimum Gasteiger partial charge on any atom is -0.508 e. The molecule has 3 rings (SSSR count). The van der Waals surface area contributed by atoms with Crippen LogP contribution in [0.3, 0.4) is 0 Å². The van der Waals surface area contributed by atoms with E-state index in [4.69, 9.17) is 11.6 Å². The maximum atomic E-state index is 12.9. The Balaban J connectivity index is 2.27. The number of phenolic OH excluding ortho intramolecular Hbond substituents is 1. The Labute approximate surface area is 146 Å². The fraction of sp³-hybridized carbons (Fsp3) is 0.0667. The van der Waals surface area contributed by atoms with Crippen molar-refractivity contribution in [3.05, 3.63) is 63.3 Å². The predicted octanol–water partition coefficient (Wildman–Crippen LogP) is 2.64. The molecule has 1 heterocycles. The van der Waals surface area contributed by atoms with Crippen molar-refractivity contribution in [2.45, 2.75) is 11.5 Å². The van der Waals surface area contributed by atoms with Crippen molar-refractivity contribution in [3.8, 4) is 5.75 Å². The molecule has 2 aromatic carbocycles. The third kappa shape index (κ3) is 2.82. The third-order valence-corrected chi connectivity index (χ3v) is 5.67. The Morgan fingerprint density at radius 2 is 1.92 bits per heavy atom. The zero-order valence-electron chi connectivity index (χ0n) is 12.5. The number of aliphatic hydroxyl groups excluding tert-OH is 1. The topological polar surface area (TPSA) is 123 Å². The summed E-state index contributed by atoms with van der Waals surface area (Å²) >= 11 is 5.72. The van der Waals surface area contributed by atoms with Crippen LogP contribution < -0.4 is 0 Å². The second-order valence-electron chi connectivity index (χ2n) is 5.19. The number of nitrogens with zero attached hydrogens (tertiary/aromatic N) is 2. The van der Waals surface area contributed by atoms with Crippen molar-refractivity contribution in [3.63, 3.8) is 0 Å². The average Bonchev–Trinajstić information content (AvgIpc) is 2.93. The van der Waals surface area contributed by atoms with Gasteiger partial charge in [0.1, 0.15) is 10.8 Å². The van der Waals surface area contributed by atoms with Crippen molar-refractivity contribution in [2.24, 2.45) is 0 Å². The first-order valence-electron chi connectivity index (χ1n) is 6.89. The Kier molecular flexibility index (Phi) is 4.15. The summed E-state index contributed by atoms with van der Waals surface area (Å²) < 4.78 is 26.7. The normalized spacial score (nSPS) is 11.8. The van der Waals surface area contributed by atoms with Crippen LogP contribution in [0.4, 0.5) is 5.69 Å². The molecular formula is C15H11ClN2O6S. The lowest BCUT2D eigenvalue weighted by molar-refractivity contribution is -0.384. The molecule has 0 atom stereocenters. The number of rotatable bonds is 4. The molecule has 0 unspecified atom stereocenters. The van der Waals surface area contributed by atoms with Gasteiger partial charge in [-0.2, -0.15) is 0 Å². The first kappa shape index (κ1) is 17.2. The van der Waals surface area contributed by atoms with Gasteiger partial charge in [-0.1, -0.05) is 11.6 Å². The highest BCUT2D eigenvalue weighted by atomic mass is 35.5. The highest BCUT2D eigenvalue weighted by Crippen LogP contribution is 2.32. The van der Waals surface area contributed by atoms with Crippen molar-refractivity contribution < 1.29 is 23.6 Å². The summed E-state index contributed by atoms with van der Waals surface area (Å²) in [6, 6.07) is 7.19. The minimum atomic E-state index is -4.18. The van der Waals surface area contributed by atoms with Gasteiger partial charge in [-0.05, 0) is 30.3 Å². The van der Waals surface area contributed by atoms with E-state index >= 15 is 0 Å². The van der Waals surface area contributed by atoms with E-state index in [0.29, 0.717) is 5.39 Å². The molecule has 1 aromatic heterocycles. The van der Waals surface area contributed by atoms with Gasteiger partial charge < -0.3 is 10.2 Å². The highest BCUT2D eigenvalue weighted by molar-refractivity contribution is 7.90. The van der Waals surface area contributed by atoms with E-state index in [0.717, 1.165) is 22.2 Å². The van der Waals surface area contributed by atoms with Crippen LogP contribution in [0.25, 0.3) is 10.9 Å². The van der Waals surface area contributed by atoms with Gasteiger partial charge in [-0.3, -0.25) is 10.1 Å². The van der Waals surface area contributed by atoms with Crippen LogP contribution in [0.1, 0.15) is 5.56 Å². The van der Waals surface area contributed by atoms with Crippen LogP contribution in [0.5, 0.6) is 5.75 Å². The summed E-state index contributed by atoms with van der Waals surface area (Å²) in [5, 5.41) is 30.2. The number of benzene rings is 2. The lowest BCUT2D eigenvalue weighted by atomic mass is 10.2. The van der Waals surface area contributed by atoms with Crippen molar-refractivity contribution in [2.75, 3.05) is 0 Å². The fourth-order valence-electron chi connectivity index (χ4n) is 2.49. The SMILES string of the molecule is O=[N+]([O-])c1cc(S(=O)(=O)n2cc(CO)c3cc(O)ccc32)ccc1Cl. The molecular weight excluding hydrogens is 372 g/mol. The molecule has 2 N–H and O–H groups in total. The van der Waals surface area contributed by atoms with Crippen LogP contribution >= 0.6 is 11.6 Å². The summed E-state index contributed by atoms with van der Waals surface area (Å²) in [5.74, 6) is -0.0838. The Morgan fingerprint density at radius 3 is 2.56 bits per heavy atom. The van der Waals surface area contributed by atoms with Crippen molar-refractivity contribution in [1.82, 2.24) is 3.97 Å². The van der Waals surface area contributed by atoms with Gasteiger partial charge in [0.15, 0.2) is 0 Å². The summed E-state index contributed by atoms with van der Waals surface area (Å²) in [6.07, 6.45) is 1.21. The molecule has 130 valence electrons. The predicted molar refractivity (Wildman–Crippen MR) is 90.2 cm³/mol. The van der Waals surface area contributed by atoms with E-state index in [9.17, 15) is 28.7 Å². The molecule has 0 fully saturated rings. The van der Waals surface area contributed by atoms with Gasteiger partial charge in [-0.25, -0.2) is 12.4 Å². The highest BCUT2D eigenvalue weighted by Gasteiger charge is 2.24. The summed E-state index contributed by atoms with van der Waals surface area (Å²) in [4.78, 5) is 9.90. The van der Waals surface area contributed by atoms with E-state index in [1.165, 1.54) is 24.4 Å².